The Balaban J connectivity index is 2.41. The van der Waals surface area contributed by atoms with Crippen LogP contribution in [0.1, 0.15) is 12.8 Å². The van der Waals surface area contributed by atoms with E-state index in [1.807, 2.05) is 0 Å². The van der Waals surface area contributed by atoms with Gasteiger partial charge >= 0.3 is 12.1 Å². The average molecular weight is 210 g/mol. The largest absolute Gasteiger partial charge is 0.493 e. The lowest BCUT2D eigenvalue weighted by Crippen LogP contribution is -2.29. The SMILES string of the molecule is O=C(ON=C1CCNCC1)C(F)(F)F. The molecule has 1 N–H and O–H groups in total. The first-order chi connectivity index (χ1) is 6.50. The topological polar surface area (TPSA) is 50.7 Å². The van der Waals surface area contributed by atoms with Crippen molar-refractivity contribution in [2.45, 2.75) is 19.0 Å². The minimum atomic E-state index is -4.98. The van der Waals surface area contributed by atoms with Crippen LogP contribution in [-0.4, -0.2) is 30.9 Å². The number of rotatable bonds is 1. The summed E-state index contributed by atoms with van der Waals surface area (Å²) in [6.45, 7) is 1.28. The van der Waals surface area contributed by atoms with Crippen LogP contribution in [-0.2, 0) is 9.63 Å². The van der Waals surface area contributed by atoms with Gasteiger partial charge in [0.2, 0.25) is 0 Å². The van der Waals surface area contributed by atoms with Crippen LogP contribution in [0.3, 0.4) is 0 Å². The summed E-state index contributed by atoms with van der Waals surface area (Å²) in [4.78, 5) is 14.0. The number of nitrogens with zero attached hydrogens (tertiary/aromatic N) is 1. The zero-order valence-corrected chi connectivity index (χ0v) is 7.23. The minimum absolute atomic E-state index is 0.473. The van der Waals surface area contributed by atoms with Crippen LogP contribution in [0.4, 0.5) is 13.2 Å². The maximum Gasteiger partial charge on any atom is 0.493 e. The van der Waals surface area contributed by atoms with Crippen molar-refractivity contribution in [1.29, 1.82) is 0 Å². The molecule has 1 rings (SSSR count). The van der Waals surface area contributed by atoms with Gasteiger partial charge in [-0.2, -0.15) is 13.2 Å². The second-order valence-electron chi connectivity index (χ2n) is 2.78. The molecule has 1 aliphatic heterocycles. The van der Waals surface area contributed by atoms with E-state index in [4.69, 9.17) is 0 Å². The number of hydrogen-bond acceptors (Lipinski definition) is 4. The molecule has 80 valence electrons. The highest BCUT2D eigenvalue weighted by Crippen LogP contribution is 2.16. The molecule has 0 aromatic rings. The zero-order valence-electron chi connectivity index (χ0n) is 7.23. The summed E-state index contributed by atoms with van der Waals surface area (Å²) in [7, 11) is 0. The van der Waals surface area contributed by atoms with Crippen LogP contribution in [0, 0.1) is 0 Å². The summed E-state index contributed by atoms with van der Waals surface area (Å²) >= 11 is 0. The first-order valence-electron chi connectivity index (χ1n) is 4.05. The summed E-state index contributed by atoms with van der Waals surface area (Å²) in [5.74, 6) is -2.27. The van der Waals surface area contributed by atoms with Crippen LogP contribution in [0.2, 0.25) is 0 Å². The molecule has 0 aliphatic carbocycles. The summed E-state index contributed by atoms with van der Waals surface area (Å²) in [5.41, 5.74) is 0.473. The van der Waals surface area contributed by atoms with Gasteiger partial charge in [0.25, 0.3) is 0 Å². The number of nitrogens with one attached hydrogen (secondary N) is 1. The minimum Gasteiger partial charge on any atom is -0.316 e. The number of carbonyl (C=O) groups excluding carboxylic acids is 1. The zero-order chi connectivity index (χ0) is 10.6. The van der Waals surface area contributed by atoms with E-state index in [0.717, 1.165) is 0 Å². The van der Waals surface area contributed by atoms with Gasteiger partial charge in [0.15, 0.2) is 0 Å². The molecule has 0 radical (unpaired) electrons. The van der Waals surface area contributed by atoms with Gasteiger partial charge in [0.05, 0.1) is 5.71 Å². The normalized spacial score (nSPS) is 17.8. The van der Waals surface area contributed by atoms with Gasteiger partial charge in [0, 0.05) is 25.9 Å². The summed E-state index contributed by atoms with van der Waals surface area (Å²) in [5, 5.41) is 6.15. The number of carbonyl (C=O) groups is 1. The summed E-state index contributed by atoms with van der Waals surface area (Å²) in [6.07, 6.45) is -3.97. The lowest BCUT2D eigenvalue weighted by Gasteiger charge is -2.12. The molecule has 0 atom stereocenters. The number of halogens is 3. The van der Waals surface area contributed by atoms with Crippen molar-refractivity contribution in [2.24, 2.45) is 5.16 Å². The molecule has 14 heavy (non-hydrogen) atoms. The molecule has 4 nitrogen and oxygen atoms in total. The molecule has 0 saturated carbocycles. The molecule has 0 bridgehead atoms. The van der Waals surface area contributed by atoms with Crippen molar-refractivity contribution in [3.8, 4) is 0 Å². The van der Waals surface area contributed by atoms with Crippen molar-refractivity contribution in [2.75, 3.05) is 13.1 Å². The van der Waals surface area contributed by atoms with E-state index in [1.54, 1.807) is 0 Å². The number of alkyl halides is 3. The molecule has 1 fully saturated rings. The predicted octanol–water partition coefficient (Wildman–Crippen LogP) is 0.831. The second-order valence-corrected chi connectivity index (χ2v) is 2.78. The molecule has 0 aromatic carbocycles. The monoisotopic (exact) mass is 210 g/mol. The number of piperidine rings is 1. The first kappa shape index (κ1) is 11.0. The van der Waals surface area contributed by atoms with Crippen LogP contribution in [0.25, 0.3) is 0 Å². The van der Waals surface area contributed by atoms with Gasteiger partial charge in [-0.05, 0) is 0 Å². The third-order valence-corrected chi connectivity index (χ3v) is 1.67. The Kier molecular flexibility index (Phi) is 3.45. The Morgan fingerprint density at radius 2 is 1.93 bits per heavy atom. The molecule has 7 heteroatoms. The molecular formula is C7H9F3N2O2. The van der Waals surface area contributed by atoms with Crippen LogP contribution in [0.5, 0.6) is 0 Å². The first-order valence-corrected chi connectivity index (χ1v) is 4.05. The van der Waals surface area contributed by atoms with Crippen molar-refractivity contribution in [3.05, 3.63) is 0 Å². The van der Waals surface area contributed by atoms with Crippen LogP contribution >= 0.6 is 0 Å². The van der Waals surface area contributed by atoms with E-state index < -0.39 is 12.1 Å². The highest BCUT2D eigenvalue weighted by atomic mass is 19.4. The smallest absolute Gasteiger partial charge is 0.316 e. The van der Waals surface area contributed by atoms with E-state index in [-0.39, 0.29) is 0 Å². The average Bonchev–Trinajstić information content (AvgIpc) is 2.14. The van der Waals surface area contributed by atoms with Gasteiger partial charge in [0.1, 0.15) is 0 Å². The lowest BCUT2D eigenvalue weighted by atomic mass is 10.1. The van der Waals surface area contributed by atoms with Gasteiger partial charge in [-0.15, -0.1) is 0 Å². The molecule has 0 unspecified atom stereocenters. The molecular weight excluding hydrogens is 201 g/mol. The van der Waals surface area contributed by atoms with Crippen LogP contribution < -0.4 is 5.32 Å². The standard InChI is InChI=1S/C7H9F3N2O2/c8-7(9,10)6(13)14-12-5-1-3-11-4-2-5/h11H,1-4H2. The quantitative estimate of drug-likeness (QED) is 0.515. The van der Waals surface area contributed by atoms with E-state index in [0.29, 0.717) is 31.6 Å². The maximum absolute atomic E-state index is 11.6. The predicted molar refractivity (Wildman–Crippen MR) is 41.7 cm³/mol. The third kappa shape index (κ3) is 3.33. The molecule has 1 heterocycles. The highest BCUT2D eigenvalue weighted by molar-refractivity contribution is 5.86. The number of hydrogen-bond donors (Lipinski definition) is 1. The Morgan fingerprint density at radius 1 is 1.36 bits per heavy atom. The lowest BCUT2D eigenvalue weighted by molar-refractivity contribution is -0.199. The second kappa shape index (κ2) is 4.41. The van der Waals surface area contributed by atoms with Crippen molar-refractivity contribution < 1.29 is 22.8 Å². The highest BCUT2D eigenvalue weighted by Gasteiger charge is 2.41. The van der Waals surface area contributed by atoms with Crippen molar-refractivity contribution in [3.63, 3.8) is 0 Å². The Hall–Kier alpha value is -1.11. The summed E-state index contributed by atoms with van der Waals surface area (Å²) in [6, 6.07) is 0. The van der Waals surface area contributed by atoms with E-state index in [9.17, 15) is 18.0 Å². The number of oxime groups is 1. The maximum atomic E-state index is 11.6. The fourth-order valence-electron chi connectivity index (χ4n) is 0.964. The van der Waals surface area contributed by atoms with Gasteiger partial charge < -0.3 is 10.2 Å². The van der Waals surface area contributed by atoms with Gasteiger partial charge in [-0.1, -0.05) is 5.16 Å². The molecule has 0 aromatic heterocycles. The fraction of sp³-hybridized carbons (Fsp3) is 0.714. The Morgan fingerprint density at radius 3 is 2.43 bits per heavy atom. The molecule has 1 saturated heterocycles. The van der Waals surface area contributed by atoms with Crippen molar-refractivity contribution >= 4 is 11.7 Å². The van der Waals surface area contributed by atoms with Gasteiger partial charge in [-0.25, -0.2) is 4.79 Å². The summed E-state index contributed by atoms with van der Waals surface area (Å²) < 4.78 is 34.9. The van der Waals surface area contributed by atoms with Crippen LogP contribution in [0.15, 0.2) is 5.16 Å². The third-order valence-electron chi connectivity index (χ3n) is 1.67. The molecule has 0 spiro atoms. The molecule has 1 aliphatic rings. The Bertz CT molecular complexity index is 242. The molecule has 0 amide bonds. The van der Waals surface area contributed by atoms with E-state index in [1.165, 1.54) is 0 Å². The van der Waals surface area contributed by atoms with E-state index in [2.05, 4.69) is 15.3 Å². The Labute approximate surface area is 78.1 Å². The fourth-order valence-corrected chi connectivity index (χ4v) is 0.964. The van der Waals surface area contributed by atoms with Crippen molar-refractivity contribution in [1.82, 2.24) is 5.32 Å². The van der Waals surface area contributed by atoms with E-state index >= 15 is 0 Å². The van der Waals surface area contributed by atoms with Gasteiger partial charge in [-0.3, -0.25) is 0 Å².